The highest BCUT2D eigenvalue weighted by Crippen LogP contribution is 2.69. The maximum atomic E-state index is 13.4. The van der Waals surface area contributed by atoms with E-state index in [0.717, 1.165) is 41.6 Å². The summed E-state index contributed by atoms with van der Waals surface area (Å²) in [6.45, 7) is 18.7. The maximum absolute atomic E-state index is 13.4. The van der Waals surface area contributed by atoms with Gasteiger partial charge in [0.25, 0.3) is 0 Å². The normalized spacial score (nSPS) is 37.5. The third kappa shape index (κ3) is 7.20. The molecule has 2 amide bonds. The number of hydrogen-bond acceptors (Lipinski definition) is 3. The molecule has 1 aromatic rings. The molecule has 1 saturated heterocycles. The molecule has 0 radical (unpaired) electrons. The minimum Gasteiger partial charge on any atom is -0.447 e. The Labute approximate surface area is 276 Å². The molecule has 10 atom stereocenters. The van der Waals surface area contributed by atoms with Gasteiger partial charge in [-0.1, -0.05) is 111 Å². The van der Waals surface area contributed by atoms with E-state index < -0.39 is 6.09 Å². The Morgan fingerprint density at radius 1 is 0.933 bits per heavy atom. The molecule has 4 aliphatic carbocycles. The van der Waals surface area contributed by atoms with E-state index in [1.165, 1.54) is 75.5 Å². The van der Waals surface area contributed by atoms with Gasteiger partial charge < -0.3 is 4.74 Å². The summed E-state index contributed by atoms with van der Waals surface area (Å²) >= 11 is 0. The molecule has 0 bridgehead atoms. The zero-order chi connectivity index (χ0) is 32.8. The first-order chi connectivity index (χ1) is 21.7. The number of ether oxygens (including phenoxy) is 1. The first-order valence-corrected chi connectivity index (χ1v) is 19.2. The number of imide groups is 1. The SMILES string of the molecule is CC.CCC.CC[C@H]1CC2C3CCC([C@H](C)CCC(=O)N4C(=O)OCC4Cc4ccccc4)C3(C)CC[C@@H]2C2(C)CCCCC12. The summed E-state index contributed by atoms with van der Waals surface area (Å²) in [5, 5.41) is 0. The Kier molecular flexibility index (Phi) is 12.7. The average Bonchev–Trinajstić information content (AvgIpc) is 3.59. The minimum absolute atomic E-state index is 0.0481. The Balaban J connectivity index is 0.000000871. The lowest BCUT2D eigenvalue weighted by molar-refractivity contribution is -0.138. The van der Waals surface area contributed by atoms with Crippen molar-refractivity contribution in [2.45, 2.75) is 151 Å². The molecule has 0 aromatic heterocycles. The van der Waals surface area contributed by atoms with Crippen molar-refractivity contribution >= 4 is 12.0 Å². The third-order valence-electron chi connectivity index (χ3n) is 13.4. The molecule has 7 unspecified atom stereocenters. The van der Waals surface area contributed by atoms with Gasteiger partial charge in [-0.2, -0.15) is 0 Å². The molecule has 6 rings (SSSR count). The lowest BCUT2D eigenvalue weighted by Crippen LogP contribution is -2.55. The highest BCUT2D eigenvalue weighted by Gasteiger charge is 2.61. The second kappa shape index (κ2) is 15.8. The molecule has 0 spiro atoms. The van der Waals surface area contributed by atoms with E-state index in [1.807, 2.05) is 32.0 Å². The van der Waals surface area contributed by atoms with Crippen LogP contribution in [0.15, 0.2) is 30.3 Å². The quantitative estimate of drug-likeness (QED) is 0.304. The molecule has 4 saturated carbocycles. The Hall–Kier alpha value is -1.84. The van der Waals surface area contributed by atoms with Crippen LogP contribution in [0, 0.1) is 52.3 Å². The second-order valence-corrected chi connectivity index (χ2v) is 15.8. The van der Waals surface area contributed by atoms with E-state index in [9.17, 15) is 9.59 Å². The maximum Gasteiger partial charge on any atom is 0.416 e. The van der Waals surface area contributed by atoms with Crippen molar-refractivity contribution in [3.8, 4) is 0 Å². The molecule has 45 heavy (non-hydrogen) atoms. The monoisotopic (exact) mass is 622 g/mol. The predicted molar refractivity (Wildman–Crippen MR) is 187 cm³/mol. The van der Waals surface area contributed by atoms with Crippen LogP contribution in [0.1, 0.15) is 144 Å². The molecule has 1 aromatic carbocycles. The van der Waals surface area contributed by atoms with Crippen LogP contribution in [-0.4, -0.2) is 29.5 Å². The van der Waals surface area contributed by atoms with Crippen molar-refractivity contribution in [3.63, 3.8) is 0 Å². The van der Waals surface area contributed by atoms with Crippen LogP contribution in [0.4, 0.5) is 4.79 Å². The molecule has 4 nitrogen and oxygen atoms in total. The number of carbonyl (C=O) groups is 2. The standard InChI is InChI=1S/C36H53NO3.C3H8.C2H6/c1-5-26-22-28-31-16-15-29(36(31,4)20-18-32(28)35(3)19-10-9-13-30(26)35)24(2)14-17-33(38)37-27(23-40-34(37)39)21-25-11-7-6-8-12-25;1-3-2;1-2/h6-8,11-12,24,26-32H,5,9-10,13-23H2,1-4H3;3H2,1-2H3;1-2H3/t24-,26+,27?,28?,29?,30?,31?,32+,35?,36?;;/m1../s1. The molecular formula is C41H67NO3. The summed E-state index contributed by atoms with van der Waals surface area (Å²) in [6, 6.07) is 9.94. The molecule has 0 N–H and O–H groups in total. The smallest absolute Gasteiger partial charge is 0.416 e. The Bertz CT molecular complexity index is 1090. The van der Waals surface area contributed by atoms with Crippen molar-refractivity contribution in [3.05, 3.63) is 35.9 Å². The lowest BCUT2D eigenvalue weighted by atomic mass is 9.42. The van der Waals surface area contributed by atoms with E-state index in [4.69, 9.17) is 4.74 Å². The lowest BCUT2D eigenvalue weighted by Gasteiger charge is -2.63. The zero-order valence-corrected chi connectivity index (χ0v) is 30.3. The average molecular weight is 622 g/mol. The number of nitrogens with zero attached hydrogens (tertiary/aromatic N) is 1. The van der Waals surface area contributed by atoms with Crippen molar-refractivity contribution in [2.24, 2.45) is 52.3 Å². The number of amides is 2. The molecule has 5 aliphatic rings. The number of benzene rings is 1. The van der Waals surface area contributed by atoms with Gasteiger partial charge in [0.2, 0.25) is 5.91 Å². The number of rotatable bonds is 7. The van der Waals surface area contributed by atoms with Gasteiger partial charge in [-0.25, -0.2) is 9.69 Å². The van der Waals surface area contributed by atoms with E-state index in [0.29, 0.717) is 42.1 Å². The van der Waals surface area contributed by atoms with E-state index in [-0.39, 0.29) is 11.9 Å². The summed E-state index contributed by atoms with van der Waals surface area (Å²) in [5.74, 6) is 5.71. The highest BCUT2D eigenvalue weighted by atomic mass is 16.6. The van der Waals surface area contributed by atoms with Crippen molar-refractivity contribution in [1.29, 1.82) is 0 Å². The van der Waals surface area contributed by atoms with Crippen LogP contribution in [0.2, 0.25) is 0 Å². The fraction of sp³-hybridized carbons (Fsp3) is 0.805. The van der Waals surface area contributed by atoms with Crippen LogP contribution in [0.3, 0.4) is 0 Å². The Morgan fingerprint density at radius 2 is 1.62 bits per heavy atom. The summed E-state index contributed by atoms with van der Waals surface area (Å²) < 4.78 is 5.34. The van der Waals surface area contributed by atoms with Gasteiger partial charge in [0.05, 0.1) is 6.04 Å². The van der Waals surface area contributed by atoms with Gasteiger partial charge in [-0.15, -0.1) is 0 Å². The van der Waals surface area contributed by atoms with Gasteiger partial charge in [-0.05, 0) is 116 Å². The van der Waals surface area contributed by atoms with Crippen molar-refractivity contribution in [2.75, 3.05) is 6.61 Å². The van der Waals surface area contributed by atoms with Crippen molar-refractivity contribution < 1.29 is 14.3 Å². The van der Waals surface area contributed by atoms with Crippen LogP contribution in [0.5, 0.6) is 0 Å². The van der Waals surface area contributed by atoms with Gasteiger partial charge in [-0.3, -0.25) is 4.79 Å². The number of cyclic esters (lactones) is 1. The minimum atomic E-state index is -0.456. The van der Waals surface area contributed by atoms with E-state index in [1.54, 1.807) is 0 Å². The first kappa shape index (κ1) is 36.0. The van der Waals surface area contributed by atoms with E-state index >= 15 is 0 Å². The number of hydrogen-bond donors (Lipinski definition) is 0. The first-order valence-electron chi connectivity index (χ1n) is 19.2. The highest BCUT2D eigenvalue weighted by molar-refractivity contribution is 5.93. The molecular weight excluding hydrogens is 554 g/mol. The second-order valence-electron chi connectivity index (χ2n) is 15.8. The van der Waals surface area contributed by atoms with E-state index in [2.05, 4.69) is 53.7 Å². The largest absolute Gasteiger partial charge is 0.447 e. The van der Waals surface area contributed by atoms with Gasteiger partial charge in [0.15, 0.2) is 0 Å². The number of fused-ring (bicyclic) bond motifs is 5. The fourth-order valence-corrected chi connectivity index (χ4v) is 11.5. The molecule has 1 aliphatic heterocycles. The summed E-state index contributed by atoms with van der Waals surface area (Å²) in [4.78, 5) is 27.4. The van der Waals surface area contributed by atoms with Crippen LogP contribution in [0.25, 0.3) is 0 Å². The molecule has 1 heterocycles. The molecule has 4 heteroatoms. The van der Waals surface area contributed by atoms with Crippen LogP contribution >= 0.6 is 0 Å². The van der Waals surface area contributed by atoms with Gasteiger partial charge >= 0.3 is 6.09 Å². The third-order valence-corrected chi connectivity index (χ3v) is 13.4. The Morgan fingerprint density at radius 3 is 2.31 bits per heavy atom. The van der Waals surface area contributed by atoms with Crippen molar-refractivity contribution in [1.82, 2.24) is 4.90 Å². The van der Waals surface area contributed by atoms with Gasteiger partial charge in [0, 0.05) is 6.42 Å². The number of carbonyl (C=O) groups excluding carboxylic acids is 2. The molecule has 5 fully saturated rings. The fourth-order valence-electron chi connectivity index (χ4n) is 11.5. The summed E-state index contributed by atoms with van der Waals surface area (Å²) in [6.07, 6.45) is 16.9. The predicted octanol–water partition coefficient (Wildman–Crippen LogP) is 11.1. The summed E-state index contributed by atoms with van der Waals surface area (Å²) in [7, 11) is 0. The van der Waals surface area contributed by atoms with Gasteiger partial charge in [0.1, 0.15) is 6.61 Å². The zero-order valence-electron chi connectivity index (χ0n) is 30.3. The van der Waals surface area contributed by atoms with Crippen LogP contribution < -0.4 is 0 Å². The van der Waals surface area contributed by atoms with Crippen LogP contribution in [-0.2, 0) is 16.0 Å². The summed E-state index contributed by atoms with van der Waals surface area (Å²) in [5.41, 5.74) is 2.11. The topological polar surface area (TPSA) is 46.6 Å². The molecule has 254 valence electrons.